The van der Waals surface area contributed by atoms with Crippen molar-refractivity contribution in [1.82, 2.24) is 0 Å². The van der Waals surface area contributed by atoms with E-state index >= 15 is 0 Å². The van der Waals surface area contributed by atoms with Crippen molar-refractivity contribution in [1.29, 1.82) is 0 Å². The van der Waals surface area contributed by atoms with Crippen molar-refractivity contribution in [2.24, 2.45) is 5.10 Å². The summed E-state index contributed by atoms with van der Waals surface area (Å²) < 4.78 is 11.9. The zero-order valence-electron chi connectivity index (χ0n) is 16.9. The predicted molar refractivity (Wildman–Crippen MR) is 124 cm³/mol. The van der Waals surface area contributed by atoms with Crippen molar-refractivity contribution in [3.63, 3.8) is 0 Å². The van der Waals surface area contributed by atoms with Gasteiger partial charge in [-0.2, -0.15) is 5.10 Å². The third kappa shape index (κ3) is 4.78. The van der Waals surface area contributed by atoms with Crippen LogP contribution in [0.25, 0.3) is 10.8 Å². The summed E-state index contributed by atoms with van der Waals surface area (Å²) in [6, 6.07) is 30.3. The Balaban J connectivity index is 1.49. The fraction of sp³-hybridized carbons (Fsp3) is 0.115. The van der Waals surface area contributed by atoms with E-state index in [1.165, 1.54) is 10.8 Å². The molecule has 0 fully saturated rings. The first-order valence-electron chi connectivity index (χ1n) is 10.0. The van der Waals surface area contributed by atoms with Gasteiger partial charge in [0.25, 0.3) is 0 Å². The molecule has 1 N–H and O–H groups in total. The van der Waals surface area contributed by atoms with Gasteiger partial charge in [-0.3, -0.25) is 5.43 Å². The van der Waals surface area contributed by atoms with Crippen LogP contribution in [0, 0.1) is 0 Å². The summed E-state index contributed by atoms with van der Waals surface area (Å²) in [6.07, 6.45) is 1.77. The Bertz CT molecular complexity index is 1130. The third-order valence-electron chi connectivity index (χ3n) is 4.71. The lowest BCUT2D eigenvalue weighted by atomic mass is 10.1. The minimum absolute atomic E-state index is 0.477. The zero-order valence-corrected chi connectivity index (χ0v) is 16.9. The van der Waals surface area contributed by atoms with Gasteiger partial charge >= 0.3 is 0 Å². The molecule has 0 saturated carbocycles. The number of hydrogen-bond donors (Lipinski definition) is 1. The van der Waals surface area contributed by atoms with E-state index in [4.69, 9.17) is 9.47 Å². The first kappa shape index (κ1) is 19.5. The Labute approximate surface area is 176 Å². The van der Waals surface area contributed by atoms with E-state index in [-0.39, 0.29) is 0 Å². The number of ether oxygens (including phenoxy) is 2. The number of fused-ring (bicyclic) bond motifs is 1. The van der Waals surface area contributed by atoms with Gasteiger partial charge in [0.15, 0.2) is 11.5 Å². The molecule has 0 heterocycles. The van der Waals surface area contributed by atoms with Gasteiger partial charge in [0.1, 0.15) is 6.61 Å². The SMILES string of the molecule is CCOc1cc(C=NNc2ccccc2)ccc1OCc1cccc2ccccc12. The molecule has 0 spiro atoms. The normalized spacial score (nSPS) is 11.0. The zero-order chi connectivity index (χ0) is 20.6. The first-order valence-corrected chi connectivity index (χ1v) is 10.0. The average Bonchev–Trinajstić information content (AvgIpc) is 2.79. The Morgan fingerprint density at radius 3 is 2.47 bits per heavy atom. The summed E-state index contributed by atoms with van der Waals surface area (Å²) in [5.74, 6) is 1.43. The van der Waals surface area contributed by atoms with Crippen molar-refractivity contribution in [2.45, 2.75) is 13.5 Å². The van der Waals surface area contributed by atoms with Gasteiger partial charge in [-0.05, 0) is 59.2 Å². The lowest BCUT2D eigenvalue weighted by molar-refractivity contribution is 0.270. The van der Waals surface area contributed by atoms with E-state index in [9.17, 15) is 0 Å². The molecule has 0 saturated heterocycles. The topological polar surface area (TPSA) is 42.8 Å². The molecule has 4 heteroatoms. The van der Waals surface area contributed by atoms with Crippen LogP contribution in [-0.4, -0.2) is 12.8 Å². The maximum absolute atomic E-state index is 6.13. The van der Waals surface area contributed by atoms with Gasteiger partial charge in [-0.1, -0.05) is 60.7 Å². The fourth-order valence-corrected chi connectivity index (χ4v) is 3.26. The molecule has 0 unspecified atom stereocenters. The molecule has 30 heavy (non-hydrogen) atoms. The van der Waals surface area contributed by atoms with E-state index in [1.807, 2.05) is 61.5 Å². The van der Waals surface area contributed by atoms with Crippen molar-refractivity contribution in [2.75, 3.05) is 12.0 Å². The molecule has 150 valence electrons. The second-order valence-corrected chi connectivity index (χ2v) is 6.80. The van der Waals surface area contributed by atoms with Crippen LogP contribution < -0.4 is 14.9 Å². The number of anilines is 1. The molecule has 4 rings (SSSR count). The lowest BCUT2D eigenvalue weighted by Gasteiger charge is -2.13. The largest absolute Gasteiger partial charge is 0.490 e. The van der Waals surface area contributed by atoms with Crippen molar-refractivity contribution in [3.05, 3.63) is 102 Å². The average molecular weight is 396 g/mol. The van der Waals surface area contributed by atoms with Crippen LogP contribution in [-0.2, 0) is 6.61 Å². The Hall–Kier alpha value is -3.79. The summed E-state index contributed by atoms with van der Waals surface area (Å²) in [4.78, 5) is 0. The molecule has 0 radical (unpaired) electrons. The monoisotopic (exact) mass is 396 g/mol. The highest BCUT2D eigenvalue weighted by atomic mass is 16.5. The molecule has 0 aliphatic rings. The minimum Gasteiger partial charge on any atom is -0.490 e. The van der Waals surface area contributed by atoms with Gasteiger partial charge in [0.2, 0.25) is 0 Å². The summed E-state index contributed by atoms with van der Waals surface area (Å²) in [5.41, 5.74) is 6.04. The van der Waals surface area contributed by atoms with Crippen LogP contribution >= 0.6 is 0 Å². The second-order valence-electron chi connectivity index (χ2n) is 6.80. The number of hydrogen-bond acceptors (Lipinski definition) is 4. The van der Waals surface area contributed by atoms with E-state index < -0.39 is 0 Å². The number of rotatable bonds is 8. The fourth-order valence-electron chi connectivity index (χ4n) is 3.26. The highest BCUT2D eigenvalue weighted by molar-refractivity contribution is 5.85. The standard InChI is InChI=1S/C26H24N2O2/c1-2-29-26-17-20(18-27-28-23-12-4-3-5-13-23)15-16-25(26)30-19-22-11-8-10-21-9-6-7-14-24(21)22/h3-18,28H,2,19H2,1H3. The van der Waals surface area contributed by atoms with Crippen LogP contribution in [0.4, 0.5) is 5.69 Å². The van der Waals surface area contributed by atoms with Crippen molar-refractivity contribution < 1.29 is 9.47 Å². The maximum Gasteiger partial charge on any atom is 0.161 e. The van der Waals surface area contributed by atoms with E-state index in [1.54, 1.807) is 6.21 Å². The molecule has 0 aromatic heterocycles. The smallest absolute Gasteiger partial charge is 0.161 e. The van der Waals surface area contributed by atoms with E-state index in [0.29, 0.717) is 19.0 Å². The van der Waals surface area contributed by atoms with Gasteiger partial charge in [0.05, 0.1) is 18.5 Å². The summed E-state index contributed by atoms with van der Waals surface area (Å²) in [6.45, 7) is 3.00. The lowest BCUT2D eigenvalue weighted by Crippen LogP contribution is -2.01. The third-order valence-corrected chi connectivity index (χ3v) is 4.71. The van der Waals surface area contributed by atoms with Crippen LogP contribution in [0.15, 0.2) is 96.1 Å². The van der Waals surface area contributed by atoms with Gasteiger partial charge in [-0.25, -0.2) is 0 Å². The second kappa shape index (κ2) is 9.61. The molecule has 4 aromatic carbocycles. The first-order chi connectivity index (χ1) is 14.8. The number of nitrogens with one attached hydrogen (secondary N) is 1. The van der Waals surface area contributed by atoms with Crippen LogP contribution in [0.1, 0.15) is 18.1 Å². The van der Waals surface area contributed by atoms with Gasteiger partial charge < -0.3 is 9.47 Å². The molecule has 4 aromatic rings. The van der Waals surface area contributed by atoms with Gasteiger partial charge in [0, 0.05) is 0 Å². The molecule has 4 nitrogen and oxygen atoms in total. The van der Waals surface area contributed by atoms with Gasteiger partial charge in [-0.15, -0.1) is 0 Å². The molecular formula is C26H24N2O2. The molecule has 0 atom stereocenters. The molecular weight excluding hydrogens is 372 g/mol. The number of nitrogens with zero attached hydrogens (tertiary/aromatic N) is 1. The van der Waals surface area contributed by atoms with E-state index in [2.05, 4.69) is 46.9 Å². The number of para-hydroxylation sites is 1. The summed E-state index contributed by atoms with van der Waals surface area (Å²) in [7, 11) is 0. The number of benzene rings is 4. The molecule has 0 aliphatic heterocycles. The minimum atomic E-state index is 0.477. The Kier molecular flexibility index (Phi) is 6.25. The highest BCUT2D eigenvalue weighted by Crippen LogP contribution is 2.30. The summed E-state index contributed by atoms with van der Waals surface area (Å²) in [5, 5.41) is 6.71. The quantitative estimate of drug-likeness (QED) is 0.282. The van der Waals surface area contributed by atoms with Crippen molar-refractivity contribution >= 4 is 22.7 Å². The van der Waals surface area contributed by atoms with Crippen LogP contribution in [0.2, 0.25) is 0 Å². The van der Waals surface area contributed by atoms with Crippen LogP contribution in [0.3, 0.4) is 0 Å². The Morgan fingerprint density at radius 1 is 0.800 bits per heavy atom. The highest BCUT2D eigenvalue weighted by Gasteiger charge is 2.08. The Morgan fingerprint density at radius 2 is 1.60 bits per heavy atom. The number of hydrazone groups is 1. The maximum atomic E-state index is 6.13. The van der Waals surface area contributed by atoms with Crippen molar-refractivity contribution in [3.8, 4) is 11.5 Å². The molecule has 0 amide bonds. The van der Waals surface area contributed by atoms with Crippen LogP contribution in [0.5, 0.6) is 11.5 Å². The summed E-state index contributed by atoms with van der Waals surface area (Å²) >= 11 is 0. The molecule has 0 bridgehead atoms. The molecule has 0 aliphatic carbocycles. The van der Waals surface area contributed by atoms with E-state index in [0.717, 1.165) is 22.6 Å². The predicted octanol–water partition coefficient (Wildman–Crippen LogP) is 6.26.